The first-order valence-electron chi connectivity index (χ1n) is 6.43. The van der Waals surface area contributed by atoms with Gasteiger partial charge in [-0.25, -0.2) is 4.57 Å². The molecule has 0 saturated carbocycles. The minimum absolute atomic E-state index is 0.135. The second kappa shape index (κ2) is 8.03. The summed E-state index contributed by atoms with van der Waals surface area (Å²) in [5.74, 6) is -0.409. The molecule has 1 atom stereocenters. The molecule has 0 bridgehead atoms. The summed E-state index contributed by atoms with van der Waals surface area (Å²) in [5, 5.41) is -1.11. The van der Waals surface area contributed by atoms with Crippen molar-refractivity contribution in [1.82, 2.24) is 0 Å². The molecule has 1 unspecified atom stereocenters. The molecular formula is C13H8Cl5O6PS. The Morgan fingerprint density at radius 2 is 1.31 bits per heavy atom. The summed E-state index contributed by atoms with van der Waals surface area (Å²) in [6.45, 7) is 0. The third kappa shape index (κ3) is 4.98. The van der Waals surface area contributed by atoms with Gasteiger partial charge in [-0.15, -0.1) is 0 Å². The van der Waals surface area contributed by atoms with E-state index in [-0.39, 0.29) is 35.6 Å². The third-order valence-corrected chi connectivity index (χ3v) is 7.35. The van der Waals surface area contributed by atoms with Gasteiger partial charge in [0.2, 0.25) is 0 Å². The van der Waals surface area contributed by atoms with E-state index in [1.54, 1.807) is 0 Å². The molecule has 2 aromatic carbocycles. The predicted molar refractivity (Wildman–Crippen MR) is 102 cm³/mol. The number of halogens is 5. The third-order valence-electron chi connectivity index (χ3n) is 3.01. The van der Waals surface area contributed by atoms with Crippen LogP contribution >= 0.6 is 65.6 Å². The SMILES string of the molecule is O=P(O)(Cc1ccc(S(=O)(=O)O)cc1)Oc1c(Cl)c(Cl)c(Cl)c(Cl)c1Cl. The monoisotopic (exact) mass is 498 g/mol. The predicted octanol–water partition coefficient (Wildman–Crippen LogP) is 5.96. The van der Waals surface area contributed by atoms with Gasteiger partial charge < -0.3 is 9.42 Å². The summed E-state index contributed by atoms with van der Waals surface area (Å²) in [6, 6.07) is 4.61. The molecule has 0 aliphatic rings. The van der Waals surface area contributed by atoms with Crippen LogP contribution in [0.15, 0.2) is 29.2 Å². The highest BCUT2D eigenvalue weighted by Crippen LogP contribution is 2.54. The van der Waals surface area contributed by atoms with Crippen molar-refractivity contribution in [3.63, 3.8) is 0 Å². The Balaban J connectivity index is 2.32. The fourth-order valence-electron chi connectivity index (χ4n) is 1.84. The molecule has 6 nitrogen and oxygen atoms in total. The summed E-state index contributed by atoms with van der Waals surface area (Å²) in [4.78, 5) is 9.72. The molecule has 0 heterocycles. The maximum atomic E-state index is 12.4. The van der Waals surface area contributed by atoms with Crippen molar-refractivity contribution >= 4 is 75.7 Å². The zero-order valence-corrected chi connectivity index (χ0v) is 17.8. The second-order valence-corrected chi connectivity index (χ2v) is 9.99. The van der Waals surface area contributed by atoms with Crippen molar-refractivity contribution in [3.8, 4) is 5.75 Å². The summed E-state index contributed by atoms with van der Waals surface area (Å²) in [6.07, 6.45) is -0.511. The van der Waals surface area contributed by atoms with Crippen LogP contribution in [0.2, 0.25) is 25.1 Å². The van der Waals surface area contributed by atoms with Crippen LogP contribution in [0.5, 0.6) is 5.75 Å². The molecule has 2 aromatic rings. The summed E-state index contributed by atoms with van der Waals surface area (Å²) in [5.41, 5.74) is 0.252. The van der Waals surface area contributed by atoms with Crippen LogP contribution in [0, 0.1) is 0 Å². The van der Waals surface area contributed by atoms with Gasteiger partial charge in [0.1, 0.15) is 10.0 Å². The smallest absolute Gasteiger partial charge is 0.381 e. The van der Waals surface area contributed by atoms with E-state index in [1.165, 1.54) is 12.1 Å². The molecule has 0 saturated heterocycles. The fourth-order valence-corrected chi connectivity index (χ4v) is 4.83. The van der Waals surface area contributed by atoms with Crippen LogP contribution in [0.25, 0.3) is 0 Å². The first kappa shape index (κ1) is 22.1. The summed E-state index contributed by atoms with van der Waals surface area (Å²) in [7, 11) is -8.72. The van der Waals surface area contributed by atoms with Gasteiger partial charge in [-0.1, -0.05) is 70.1 Å². The maximum absolute atomic E-state index is 12.4. The molecule has 0 fully saturated rings. The molecule has 0 spiro atoms. The quantitative estimate of drug-likeness (QED) is 0.227. The van der Waals surface area contributed by atoms with Crippen molar-refractivity contribution in [2.75, 3.05) is 0 Å². The molecule has 0 radical (unpaired) electrons. The largest absolute Gasteiger partial charge is 0.421 e. The maximum Gasteiger partial charge on any atom is 0.381 e. The van der Waals surface area contributed by atoms with Crippen molar-refractivity contribution in [3.05, 3.63) is 54.9 Å². The lowest BCUT2D eigenvalue weighted by atomic mass is 10.2. The average molecular weight is 501 g/mol. The highest BCUT2D eigenvalue weighted by Gasteiger charge is 2.28. The van der Waals surface area contributed by atoms with Gasteiger partial charge >= 0.3 is 7.60 Å². The Bertz CT molecular complexity index is 980. The first-order chi connectivity index (χ1) is 11.8. The standard InChI is InChI=1S/C13H8Cl5O6PS/c14-8-9(15)11(17)13(12(18)10(8)16)24-25(19,20)5-6-1-3-7(4-2-6)26(21,22)23/h1-4H,5H2,(H,19,20)(H,21,22,23). The Kier molecular flexibility index (Phi) is 6.82. The van der Waals surface area contributed by atoms with E-state index >= 15 is 0 Å². The summed E-state index contributed by atoms with van der Waals surface area (Å²) >= 11 is 29.5. The van der Waals surface area contributed by atoms with Crippen LogP contribution in [-0.4, -0.2) is 17.9 Å². The van der Waals surface area contributed by atoms with E-state index in [4.69, 9.17) is 67.1 Å². The van der Waals surface area contributed by atoms with Gasteiger partial charge in [0.15, 0.2) is 5.75 Å². The van der Waals surface area contributed by atoms with Crippen LogP contribution in [0.4, 0.5) is 0 Å². The van der Waals surface area contributed by atoms with Gasteiger partial charge in [-0.2, -0.15) is 8.42 Å². The molecule has 13 heteroatoms. The van der Waals surface area contributed by atoms with Crippen molar-refractivity contribution in [1.29, 1.82) is 0 Å². The highest BCUT2D eigenvalue weighted by atomic mass is 35.5. The number of rotatable bonds is 5. The lowest BCUT2D eigenvalue weighted by molar-refractivity contribution is 0.378. The van der Waals surface area contributed by atoms with Gasteiger partial charge in [-0.05, 0) is 17.7 Å². The van der Waals surface area contributed by atoms with E-state index in [9.17, 15) is 17.9 Å². The Labute approximate surface area is 173 Å². The molecule has 0 aromatic heterocycles. The van der Waals surface area contributed by atoms with E-state index < -0.39 is 29.6 Å². The molecule has 26 heavy (non-hydrogen) atoms. The summed E-state index contributed by atoms with van der Waals surface area (Å²) < 4.78 is 48.3. The van der Waals surface area contributed by atoms with Crippen LogP contribution in [-0.2, 0) is 20.8 Å². The van der Waals surface area contributed by atoms with E-state index in [0.29, 0.717) is 0 Å². The molecule has 2 rings (SSSR count). The van der Waals surface area contributed by atoms with Gasteiger partial charge in [0.05, 0.1) is 26.1 Å². The molecule has 2 N–H and O–H groups in total. The van der Waals surface area contributed by atoms with Crippen LogP contribution < -0.4 is 4.52 Å². The highest BCUT2D eigenvalue weighted by molar-refractivity contribution is 7.85. The zero-order valence-electron chi connectivity index (χ0n) is 12.3. The van der Waals surface area contributed by atoms with E-state index in [1.807, 2.05) is 0 Å². The van der Waals surface area contributed by atoms with Crippen LogP contribution in [0.3, 0.4) is 0 Å². The number of hydrogen-bond acceptors (Lipinski definition) is 4. The van der Waals surface area contributed by atoms with E-state index in [2.05, 4.69) is 0 Å². The van der Waals surface area contributed by atoms with Crippen molar-refractivity contribution in [2.24, 2.45) is 0 Å². The van der Waals surface area contributed by atoms with E-state index in [0.717, 1.165) is 12.1 Å². The lowest BCUT2D eigenvalue weighted by Crippen LogP contribution is -2.00. The van der Waals surface area contributed by atoms with Crippen LogP contribution in [0.1, 0.15) is 5.56 Å². The second-order valence-electron chi connectivity index (χ2n) is 4.90. The topological polar surface area (TPSA) is 101 Å². The Morgan fingerprint density at radius 1 is 0.885 bits per heavy atom. The van der Waals surface area contributed by atoms with Gasteiger partial charge in [0, 0.05) is 0 Å². The Hall–Kier alpha value is -0.210. The van der Waals surface area contributed by atoms with Crippen molar-refractivity contribution < 1.29 is 27.0 Å². The molecule has 0 aliphatic heterocycles. The molecule has 0 amide bonds. The minimum atomic E-state index is -4.38. The zero-order chi connectivity index (χ0) is 19.9. The minimum Gasteiger partial charge on any atom is -0.421 e. The van der Waals surface area contributed by atoms with Gasteiger partial charge in [0.25, 0.3) is 10.1 Å². The molecule has 0 aliphatic carbocycles. The number of benzene rings is 2. The fraction of sp³-hybridized carbons (Fsp3) is 0.0769. The molecule has 142 valence electrons. The average Bonchev–Trinajstić information content (AvgIpc) is 2.54. The van der Waals surface area contributed by atoms with Crippen molar-refractivity contribution in [2.45, 2.75) is 11.1 Å². The Morgan fingerprint density at radius 3 is 1.73 bits per heavy atom. The lowest BCUT2D eigenvalue weighted by Gasteiger charge is -2.17. The molecular weight excluding hydrogens is 492 g/mol. The first-order valence-corrected chi connectivity index (χ1v) is 11.5. The van der Waals surface area contributed by atoms with Gasteiger partial charge in [-0.3, -0.25) is 4.55 Å². The normalized spacial score (nSPS) is 14.1. The number of hydrogen-bond donors (Lipinski definition) is 2.